The third-order valence-corrected chi connectivity index (χ3v) is 5.16. The third kappa shape index (κ3) is 3.83. The van der Waals surface area contributed by atoms with Crippen molar-refractivity contribution in [2.45, 2.75) is 19.1 Å². The molecular weight excluding hydrogens is 403 g/mol. The summed E-state index contributed by atoms with van der Waals surface area (Å²) in [5.41, 5.74) is 0.951. The number of nitrogens with zero attached hydrogens (tertiary/aromatic N) is 4. The highest BCUT2D eigenvalue weighted by molar-refractivity contribution is 7.15. The second-order valence-corrected chi connectivity index (χ2v) is 7.14. The van der Waals surface area contributed by atoms with Gasteiger partial charge in [-0.05, 0) is 25.1 Å². The number of amides is 1. The molecule has 3 aromatic heterocycles. The van der Waals surface area contributed by atoms with Crippen LogP contribution in [0.1, 0.15) is 34.7 Å². The van der Waals surface area contributed by atoms with Crippen LogP contribution in [0.2, 0.25) is 0 Å². The van der Waals surface area contributed by atoms with Gasteiger partial charge in [-0.15, -0.1) is 11.3 Å². The van der Waals surface area contributed by atoms with E-state index in [0.29, 0.717) is 27.6 Å². The summed E-state index contributed by atoms with van der Waals surface area (Å²) >= 11 is 1.23. The van der Waals surface area contributed by atoms with Crippen LogP contribution in [0.4, 0.5) is 13.2 Å². The van der Waals surface area contributed by atoms with Crippen molar-refractivity contribution in [3.05, 3.63) is 71.4 Å². The zero-order chi connectivity index (χ0) is 20.6. The first-order valence-electron chi connectivity index (χ1n) is 8.54. The minimum absolute atomic E-state index is 0.330. The molecule has 3 heterocycles. The summed E-state index contributed by atoms with van der Waals surface area (Å²) in [6, 6.07) is 6.31. The molecule has 0 aliphatic rings. The Morgan fingerprint density at radius 2 is 2.10 bits per heavy atom. The molecule has 148 valence electrons. The lowest BCUT2D eigenvalue weighted by molar-refractivity contribution is -0.137. The zero-order valence-corrected chi connectivity index (χ0v) is 15.8. The molecule has 4 rings (SSSR count). The molecule has 1 amide bonds. The van der Waals surface area contributed by atoms with Crippen molar-refractivity contribution in [1.29, 1.82) is 0 Å². The van der Waals surface area contributed by atoms with Crippen LogP contribution in [0, 0.1) is 0 Å². The van der Waals surface area contributed by atoms with E-state index >= 15 is 0 Å². The second kappa shape index (κ2) is 7.28. The SMILES string of the molecule is CC(NC(=O)c1csc2nc(-c3cccc(C(F)(F)F)c3)cn12)c1ccncn1. The van der Waals surface area contributed by atoms with E-state index in [4.69, 9.17) is 0 Å². The number of thiazole rings is 1. The molecule has 1 unspecified atom stereocenters. The van der Waals surface area contributed by atoms with E-state index in [1.54, 1.807) is 41.2 Å². The molecule has 1 atom stereocenters. The van der Waals surface area contributed by atoms with Gasteiger partial charge in [0.05, 0.1) is 23.0 Å². The van der Waals surface area contributed by atoms with Gasteiger partial charge in [0.25, 0.3) is 5.91 Å². The molecule has 0 aliphatic carbocycles. The first kappa shape index (κ1) is 19.1. The maximum Gasteiger partial charge on any atom is 0.416 e. The van der Waals surface area contributed by atoms with Crippen molar-refractivity contribution in [2.75, 3.05) is 0 Å². The van der Waals surface area contributed by atoms with Crippen LogP contribution in [-0.2, 0) is 6.18 Å². The molecule has 0 bridgehead atoms. The van der Waals surface area contributed by atoms with Crippen LogP contribution in [0.25, 0.3) is 16.2 Å². The van der Waals surface area contributed by atoms with Gasteiger partial charge in [-0.1, -0.05) is 12.1 Å². The summed E-state index contributed by atoms with van der Waals surface area (Å²) in [6.07, 6.45) is 0.115. The van der Waals surface area contributed by atoms with Crippen LogP contribution in [-0.4, -0.2) is 25.3 Å². The van der Waals surface area contributed by atoms with Gasteiger partial charge in [0.15, 0.2) is 4.96 Å². The number of rotatable bonds is 4. The number of halogens is 3. The van der Waals surface area contributed by atoms with E-state index in [-0.39, 0.29) is 11.9 Å². The molecule has 0 saturated heterocycles. The van der Waals surface area contributed by atoms with E-state index in [9.17, 15) is 18.0 Å². The normalized spacial score (nSPS) is 12.8. The molecule has 0 saturated carbocycles. The van der Waals surface area contributed by atoms with Crippen molar-refractivity contribution in [3.63, 3.8) is 0 Å². The zero-order valence-electron chi connectivity index (χ0n) is 15.0. The van der Waals surface area contributed by atoms with Gasteiger partial charge >= 0.3 is 6.18 Å². The maximum absolute atomic E-state index is 13.0. The monoisotopic (exact) mass is 417 g/mol. The number of nitrogens with one attached hydrogen (secondary N) is 1. The highest BCUT2D eigenvalue weighted by atomic mass is 32.1. The molecule has 6 nitrogen and oxygen atoms in total. The topological polar surface area (TPSA) is 72.2 Å². The number of hydrogen-bond donors (Lipinski definition) is 1. The van der Waals surface area contributed by atoms with Gasteiger partial charge < -0.3 is 5.32 Å². The molecule has 4 aromatic rings. The molecule has 1 N–H and O–H groups in total. The fraction of sp³-hybridized carbons (Fsp3) is 0.158. The van der Waals surface area contributed by atoms with E-state index in [1.807, 2.05) is 0 Å². The van der Waals surface area contributed by atoms with Gasteiger partial charge in [-0.2, -0.15) is 13.2 Å². The second-order valence-electron chi connectivity index (χ2n) is 6.31. The largest absolute Gasteiger partial charge is 0.416 e. The van der Waals surface area contributed by atoms with Crippen molar-refractivity contribution >= 4 is 22.2 Å². The van der Waals surface area contributed by atoms with Crippen molar-refractivity contribution < 1.29 is 18.0 Å². The Balaban J connectivity index is 1.62. The molecule has 29 heavy (non-hydrogen) atoms. The maximum atomic E-state index is 13.0. The standard InChI is InChI=1S/C19H14F3N5OS/c1-11(14-5-6-23-10-24-14)25-17(28)16-9-29-18-26-15(8-27(16)18)12-3-2-4-13(7-12)19(20,21)22/h2-11H,1H3,(H,25,28). The Kier molecular flexibility index (Phi) is 4.79. The van der Waals surface area contributed by atoms with E-state index in [2.05, 4.69) is 20.3 Å². The lowest BCUT2D eigenvalue weighted by Crippen LogP contribution is -2.28. The van der Waals surface area contributed by atoms with Crippen LogP contribution in [0.3, 0.4) is 0 Å². The average molecular weight is 417 g/mol. The lowest BCUT2D eigenvalue weighted by atomic mass is 10.1. The summed E-state index contributed by atoms with van der Waals surface area (Å²) < 4.78 is 40.5. The molecule has 0 fully saturated rings. The molecule has 10 heteroatoms. The Hall–Kier alpha value is -3.27. The molecule has 0 aliphatic heterocycles. The number of aromatic nitrogens is 4. The third-order valence-electron chi connectivity index (χ3n) is 4.32. The van der Waals surface area contributed by atoms with Crippen LogP contribution in [0.15, 0.2) is 54.4 Å². The molecule has 0 spiro atoms. The quantitative estimate of drug-likeness (QED) is 0.536. The van der Waals surface area contributed by atoms with Crippen molar-refractivity contribution in [3.8, 4) is 11.3 Å². The van der Waals surface area contributed by atoms with E-state index in [1.165, 1.54) is 23.7 Å². The Morgan fingerprint density at radius 1 is 1.28 bits per heavy atom. The number of alkyl halides is 3. The van der Waals surface area contributed by atoms with Gasteiger partial charge in [-0.25, -0.2) is 15.0 Å². The van der Waals surface area contributed by atoms with Gasteiger partial charge in [0, 0.05) is 23.3 Å². The van der Waals surface area contributed by atoms with Crippen LogP contribution >= 0.6 is 11.3 Å². The Labute approximate surface area is 167 Å². The van der Waals surface area contributed by atoms with Crippen LogP contribution < -0.4 is 5.32 Å². The number of fused-ring (bicyclic) bond motifs is 1. The Bertz CT molecular complexity index is 1170. The van der Waals surface area contributed by atoms with Crippen molar-refractivity contribution in [2.24, 2.45) is 0 Å². The lowest BCUT2D eigenvalue weighted by Gasteiger charge is -2.12. The predicted octanol–water partition coefficient (Wildman–Crippen LogP) is 4.36. The molecular formula is C19H14F3N5OS. The van der Waals surface area contributed by atoms with E-state index in [0.717, 1.165) is 12.1 Å². The number of carbonyl (C=O) groups excluding carboxylic acids is 1. The van der Waals surface area contributed by atoms with E-state index < -0.39 is 11.7 Å². The van der Waals surface area contributed by atoms with Crippen molar-refractivity contribution in [1.82, 2.24) is 24.7 Å². The van der Waals surface area contributed by atoms with Crippen LogP contribution in [0.5, 0.6) is 0 Å². The summed E-state index contributed by atoms with van der Waals surface area (Å²) in [5, 5.41) is 4.50. The summed E-state index contributed by atoms with van der Waals surface area (Å²) in [4.78, 5) is 25.5. The smallest absolute Gasteiger partial charge is 0.343 e. The summed E-state index contributed by atoms with van der Waals surface area (Å²) in [7, 11) is 0. The predicted molar refractivity (Wildman–Crippen MR) is 101 cm³/mol. The first-order valence-corrected chi connectivity index (χ1v) is 9.42. The molecule has 0 radical (unpaired) electrons. The van der Waals surface area contributed by atoms with Gasteiger partial charge in [0.1, 0.15) is 12.0 Å². The number of hydrogen-bond acceptors (Lipinski definition) is 5. The highest BCUT2D eigenvalue weighted by Gasteiger charge is 2.30. The summed E-state index contributed by atoms with van der Waals surface area (Å²) in [6.45, 7) is 1.80. The van der Waals surface area contributed by atoms with Gasteiger partial charge in [-0.3, -0.25) is 9.20 Å². The minimum atomic E-state index is -4.44. The average Bonchev–Trinajstić information content (AvgIpc) is 3.29. The minimum Gasteiger partial charge on any atom is -0.343 e. The molecule has 1 aromatic carbocycles. The number of imidazole rings is 1. The highest BCUT2D eigenvalue weighted by Crippen LogP contribution is 2.32. The summed E-state index contributed by atoms with van der Waals surface area (Å²) in [5.74, 6) is -0.338. The number of carbonyl (C=O) groups is 1. The fourth-order valence-electron chi connectivity index (χ4n) is 2.84. The fourth-order valence-corrected chi connectivity index (χ4v) is 3.70. The first-order chi connectivity index (χ1) is 13.8. The number of benzene rings is 1. The van der Waals surface area contributed by atoms with Gasteiger partial charge in [0.2, 0.25) is 0 Å². The Morgan fingerprint density at radius 3 is 2.83 bits per heavy atom.